The molecule has 0 radical (unpaired) electrons. The Hall–Kier alpha value is -3.29. The van der Waals surface area contributed by atoms with Crippen molar-refractivity contribution in [2.75, 3.05) is 7.11 Å². The lowest BCUT2D eigenvalue weighted by atomic mass is 9.81. The van der Waals surface area contributed by atoms with Gasteiger partial charge >= 0.3 is 6.09 Å². The van der Waals surface area contributed by atoms with Gasteiger partial charge in [0.2, 0.25) is 0 Å². The lowest BCUT2D eigenvalue weighted by Gasteiger charge is -2.30. The number of carboxylic acid groups (broad SMARTS) is 1. The van der Waals surface area contributed by atoms with Crippen molar-refractivity contribution in [3.8, 4) is 17.2 Å². The second-order valence-electron chi connectivity index (χ2n) is 7.46. The van der Waals surface area contributed by atoms with Crippen LogP contribution >= 0.6 is 0 Å². The molecule has 0 saturated heterocycles. The highest BCUT2D eigenvalue weighted by Gasteiger charge is 2.33. The van der Waals surface area contributed by atoms with Crippen LogP contribution in [0.2, 0.25) is 0 Å². The Morgan fingerprint density at radius 2 is 1.79 bits per heavy atom. The molecule has 0 spiro atoms. The number of hydrogen-bond donors (Lipinski definition) is 2. The minimum atomic E-state index is -1.26. The fourth-order valence-corrected chi connectivity index (χ4v) is 2.88. The highest BCUT2D eigenvalue weighted by molar-refractivity contribution is 5.66. The van der Waals surface area contributed by atoms with Gasteiger partial charge in [0.1, 0.15) is 17.2 Å². The number of rotatable bonds is 6. The van der Waals surface area contributed by atoms with E-state index in [1.165, 1.54) is 18.2 Å². The molecular formula is C20H24N2O6. The van der Waals surface area contributed by atoms with Gasteiger partial charge < -0.3 is 19.9 Å². The Morgan fingerprint density at radius 1 is 1.18 bits per heavy atom. The van der Waals surface area contributed by atoms with Crippen LogP contribution in [0, 0.1) is 22.5 Å². The predicted octanol–water partition coefficient (Wildman–Crippen LogP) is 5.06. The van der Waals surface area contributed by atoms with Crippen LogP contribution in [0.25, 0.3) is 0 Å². The van der Waals surface area contributed by atoms with E-state index in [2.05, 4.69) is 5.32 Å². The number of methoxy groups -OCH3 is 1. The number of nitro benzene ring substituents is 1. The van der Waals surface area contributed by atoms with Gasteiger partial charge in [-0.25, -0.2) is 4.79 Å². The zero-order chi connectivity index (χ0) is 21.1. The van der Waals surface area contributed by atoms with Crippen LogP contribution in [-0.4, -0.2) is 23.2 Å². The van der Waals surface area contributed by atoms with Crippen LogP contribution in [0.15, 0.2) is 36.4 Å². The van der Waals surface area contributed by atoms with Crippen LogP contribution in [0.3, 0.4) is 0 Å². The number of carbonyl (C=O) groups is 1. The average Bonchev–Trinajstić information content (AvgIpc) is 2.60. The summed E-state index contributed by atoms with van der Waals surface area (Å²) < 4.78 is 11.1. The number of benzene rings is 2. The van der Waals surface area contributed by atoms with Crippen molar-refractivity contribution in [2.45, 2.75) is 33.7 Å². The second-order valence-corrected chi connectivity index (χ2v) is 7.46. The third kappa shape index (κ3) is 4.91. The molecule has 0 aliphatic carbocycles. The van der Waals surface area contributed by atoms with Crippen LogP contribution in [0.4, 0.5) is 10.5 Å². The Morgan fingerprint density at radius 3 is 2.32 bits per heavy atom. The first-order chi connectivity index (χ1) is 13.0. The average molecular weight is 388 g/mol. The molecule has 28 heavy (non-hydrogen) atoms. The van der Waals surface area contributed by atoms with E-state index in [1.54, 1.807) is 40.0 Å². The molecule has 8 nitrogen and oxygen atoms in total. The maximum absolute atomic E-state index is 11.5. The number of nitrogens with zero attached hydrogens (tertiary/aromatic N) is 1. The van der Waals surface area contributed by atoms with Gasteiger partial charge in [0, 0.05) is 12.1 Å². The van der Waals surface area contributed by atoms with Crippen LogP contribution in [0.5, 0.6) is 17.2 Å². The number of hydrogen-bond acceptors (Lipinski definition) is 5. The van der Waals surface area contributed by atoms with E-state index in [0.717, 1.165) is 5.56 Å². The monoisotopic (exact) mass is 388 g/mol. The molecule has 1 atom stereocenters. The Labute approximate surface area is 163 Å². The molecule has 1 amide bonds. The zero-order valence-electron chi connectivity index (χ0n) is 16.5. The lowest BCUT2D eigenvalue weighted by Crippen LogP contribution is -2.36. The summed E-state index contributed by atoms with van der Waals surface area (Å²) in [6.45, 7) is 7.30. The fraction of sp³-hybridized carbons (Fsp3) is 0.350. The summed E-state index contributed by atoms with van der Waals surface area (Å²) >= 11 is 0. The van der Waals surface area contributed by atoms with Gasteiger partial charge in [0.15, 0.2) is 0 Å². The molecule has 2 rings (SSSR count). The lowest BCUT2D eigenvalue weighted by molar-refractivity contribution is -0.386. The largest absolute Gasteiger partial charge is 0.496 e. The van der Waals surface area contributed by atoms with E-state index in [1.807, 2.05) is 13.0 Å². The highest BCUT2D eigenvalue weighted by atomic mass is 16.6. The number of ether oxygens (including phenoxy) is 2. The van der Waals surface area contributed by atoms with E-state index in [4.69, 9.17) is 9.47 Å². The third-order valence-corrected chi connectivity index (χ3v) is 4.26. The van der Waals surface area contributed by atoms with E-state index in [0.29, 0.717) is 17.2 Å². The molecule has 0 aromatic heterocycles. The van der Waals surface area contributed by atoms with Crippen molar-refractivity contribution >= 4 is 11.8 Å². The van der Waals surface area contributed by atoms with Gasteiger partial charge in [0.05, 0.1) is 23.6 Å². The molecule has 0 aliphatic heterocycles. The minimum Gasteiger partial charge on any atom is -0.496 e. The molecule has 0 heterocycles. The van der Waals surface area contributed by atoms with Gasteiger partial charge in [-0.1, -0.05) is 26.8 Å². The summed E-state index contributed by atoms with van der Waals surface area (Å²) in [5.41, 5.74) is 0.395. The first-order valence-corrected chi connectivity index (χ1v) is 8.63. The van der Waals surface area contributed by atoms with Gasteiger partial charge in [0.25, 0.3) is 5.69 Å². The Balaban J connectivity index is 2.50. The smallest absolute Gasteiger partial charge is 0.405 e. The van der Waals surface area contributed by atoms with Gasteiger partial charge in [-0.3, -0.25) is 10.1 Å². The van der Waals surface area contributed by atoms with E-state index in [-0.39, 0.29) is 11.3 Å². The normalized spacial score (nSPS) is 12.2. The first kappa shape index (κ1) is 21.0. The second kappa shape index (κ2) is 8.16. The molecule has 0 saturated carbocycles. The topological polar surface area (TPSA) is 111 Å². The minimum absolute atomic E-state index is 0.178. The molecule has 0 bridgehead atoms. The van der Waals surface area contributed by atoms with Crippen LogP contribution in [-0.2, 0) is 0 Å². The highest BCUT2D eigenvalue weighted by Crippen LogP contribution is 2.40. The molecule has 8 heteroatoms. The molecule has 2 aromatic rings. The number of amides is 1. The molecule has 0 aliphatic rings. The van der Waals surface area contributed by atoms with Crippen LogP contribution in [0.1, 0.15) is 37.9 Å². The molecule has 2 aromatic carbocycles. The van der Waals surface area contributed by atoms with E-state index in [9.17, 15) is 20.0 Å². The molecular weight excluding hydrogens is 364 g/mol. The Kier molecular flexibility index (Phi) is 6.12. The zero-order valence-corrected chi connectivity index (χ0v) is 16.5. The van der Waals surface area contributed by atoms with Crippen molar-refractivity contribution in [1.29, 1.82) is 0 Å². The molecule has 2 N–H and O–H groups in total. The third-order valence-electron chi connectivity index (χ3n) is 4.26. The van der Waals surface area contributed by atoms with Crippen molar-refractivity contribution in [2.24, 2.45) is 5.41 Å². The SMILES string of the molecule is COc1cc(Oc2ccc([N+](=O)[O-])c(C(NC(=O)O)C(C)(C)C)c2)ccc1C. The summed E-state index contributed by atoms with van der Waals surface area (Å²) in [6.07, 6.45) is -1.26. The number of nitro groups is 1. The first-order valence-electron chi connectivity index (χ1n) is 8.63. The summed E-state index contributed by atoms with van der Waals surface area (Å²) in [5.74, 6) is 1.51. The van der Waals surface area contributed by atoms with Gasteiger partial charge in [-0.05, 0) is 36.1 Å². The Bertz CT molecular complexity index is 889. The summed E-state index contributed by atoms with van der Waals surface area (Å²) in [5, 5.41) is 23.1. The molecule has 150 valence electrons. The van der Waals surface area contributed by atoms with Crippen molar-refractivity contribution in [3.63, 3.8) is 0 Å². The van der Waals surface area contributed by atoms with Crippen molar-refractivity contribution in [3.05, 3.63) is 57.6 Å². The van der Waals surface area contributed by atoms with Gasteiger partial charge in [-0.15, -0.1) is 0 Å². The fourth-order valence-electron chi connectivity index (χ4n) is 2.88. The summed E-state index contributed by atoms with van der Waals surface area (Å²) in [4.78, 5) is 22.2. The van der Waals surface area contributed by atoms with Gasteiger partial charge in [-0.2, -0.15) is 0 Å². The number of aryl methyl sites for hydroxylation is 1. The predicted molar refractivity (Wildman–Crippen MR) is 104 cm³/mol. The number of nitrogens with one attached hydrogen (secondary N) is 1. The van der Waals surface area contributed by atoms with E-state index >= 15 is 0 Å². The molecule has 0 fully saturated rings. The summed E-state index contributed by atoms with van der Waals surface area (Å²) in [6, 6.07) is 8.80. The maximum Gasteiger partial charge on any atom is 0.405 e. The quantitative estimate of drug-likeness (QED) is 0.528. The van der Waals surface area contributed by atoms with Crippen molar-refractivity contribution in [1.82, 2.24) is 5.32 Å². The van der Waals surface area contributed by atoms with E-state index < -0.39 is 22.5 Å². The molecule has 1 unspecified atom stereocenters. The summed E-state index contributed by atoms with van der Waals surface area (Å²) in [7, 11) is 1.56. The standard InChI is InChI=1S/C20H24N2O6/c1-12-6-7-14(11-17(12)27-5)28-13-8-9-16(22(25)26)15(10-13)18(20(2,3)4)21-19(23)24/h6-11,18,21H,1-5H3,(H,23,24). The van der Waals surface area contributed by atoms with Crippen LogP contribution < -0.4 is 14.8 Å². The maximum atomic E-state index is 11.5. The van der Waals surface area contributed by atoms with Crippen molar-refractivity contribution < 1.29 is 24.3 Å².